The van der Waals surface area contributed by atoms with Crippen LogP contribution < -0.4 is 10.6 Å². The Balaban J connectivity index is 2.17. The number of nitrogens with one attached hydrogen (secondary N) is 3. The van der Waals surface area contributed by atoms with Crippen molar-refractivity contribution in [2.75, 3.05) is 11.6 Å². The molecule has 1 aliphatic rings. The lowest BCUT2D eigenvalue weighted by molar-refractivity contribution is 0.580. The summed E-state index contributed by atoms with van der Waals surface area (Å²) in [6.45, 7) is 5.95. The molecule has 4 nitrogen and oxygen atoms in total. The van der Waals surface area contributed by atoms with Crippen molar-refractivity contribution in [3.05, 3.63) is 47.4 Å². The summed E-state index contributed by atoms with van der Waals surface area (Å²) >= 11 is 1.72. The fraction of sp³-hybridized carbons (Fsp3) is 0.429. The van der Waals surface area contributed by atoms with E-state index >= 15 is 0 Å². The number of anilines is 1. The van der Waals surface area contributed by atoms with Crippen molar-refractivity contribution in [3.8, 4) is 0 Å². The van der Waals surface area contributed by atoms with Crippen LogP contribution in [0.1, 0.15) is 46.5 Å². The zero-order valence-corrected chi connectivity index (χ0v) is 17.0. The van der Waals surface area contributed by atoms with Crippen molar-refractivity contribution in [1.29, 1.82) is 5.41 Å². The topological polar surface area (TPSA) is 60.3 Å². The fourth-order valence-corrected chi connectivity index (χ4v) is 3.63. The minimum Gasteiger partial charge on any atom is -0.368 e. The highest BCUT2D eigenvalue weighted by Crippen LogP contribution is 2.21. The van der Waals surface area contributed by atoms with Crippen molar-refractivity contribution in [2.45, 2.75) is 57.4 Å². The molecule has 5 heteroatoms. The van der Waals surface area contributed by atoms with Crippen LogP contribution in [0.15, 0.2) is 57.3 Å². The first-order valence-corrected chi connectivity index (χ1v) is 10.4. The molecule has 0 bridgehead atoms. The van der Waals surface area contributed by atoms with Gasteiger partial charge < -0.3 is 16.0 Å². The molecule has 1 aromatic rings. The summed E-state index contributed by atoms with van der Waals surface area (Å²) < 4.78 is 0. The highest BCUT2D eigenvalue weighted by atomic mass is 32.2. The van der Waals surface area contributed by atoms with Gasteiger partial charge in [0.25, 0.3) is 0 Å². The Bertz CT molecular complexity index is 712. The maximum absolute atomic E-state index is 7.84. The molecule has 3 N–H and O–H groups in total. The Morgan fingerprint density at radius 2 is 2.00 bits per heavy atom. The predicted molar refractivity (Wildman–Crippen MR) is 116 cm³/mol. The number of nitrogens with zero attached hydrogens (tertiary/aromatic N) is 1. The van der Waals surface area contributed by atoms with Crippen LogP contribution in [0.2, 0.25) is 0 Å². The van der Waals surface area contributed by atoms with Gasteiger partial charge in [0.2, 0.25) is 0 Å². The summed E-state index contributed by atoms with van der Waals surface area (Å²) in [6, 6.07) is 8.80. The second-order valence-electron chi connectivity index (χ2n) is 6.54. The first kappa shape index (κ1) is 20.3. The standard InChI is InChI=1S/C21H30N4S/c1-5-21(25-17-9-6-7-10-17)24-16(3)20(14-22)15(2)23-18-11-8-12-19(13-18)26-4/h5,8,11-14,17,22-23,25H,6-7,9-10H2,1-4H3/b20-15+,21-5-,22-14?,24-16-. The van der Waals surface area contributed by atoms with Crippen LogP contribution in [-0.2, 0) is 0 Å². The molecule has 1 saturated carbocycles. The van der Waals surface area contributed by atoms with Crippen LogP contribution in [0.5, 0.6) is 0 Å². The Morgan fingerprint density at radius 3 is 2.62 bits per heavy atom. The highest BCUT2D eigenvalue weighted by molar-refractivity contribution is 7.98. The molecule has 0 aromatic heterocycles. The molecule has 1 aliphatic carbocycles. The summed E-state index contributed by atoms with van der Waals surface area (Å²) in [5, 5.41) is 14.8. The van der Waals surface area contributed by atoms with E-state index in [0.29, 0.717) is 6.04 Å². The van der Waals surface area contributed by atoms with Gasteiger partial charge in [-0.2, -0.15) is 0 Å². The van der Waals surface area contributed by atoms with Crippen LogP contribution >= 0.6 is 11.8 Å². The zero-order valence-electron chi connectivity index (χ0n) is 16.2. The smallest absolute Gasteiger partial charge is 0.122 e. The number of hydrogen-bond donors (Lipinski definition) is 3. The van der Waals surface area contributed by atoms with Crippen molar-refractivity contribution < 1.29 is 0 Å². The lowest BCUT2D eigenvalue weighted by Crippen LogP contribution is -2.25. The fourth-order valence-electron chi connectivity index (χ4n) is 3.17. The van der Waals surface area contributed by atoms with Gasteiger partial charge in [0, 0.05) is 34.1 Å². The van der Waals surface area contributed by atoms with Gasteiger partial charge in [0.05, 0.1) is 5.71 Å². The van der Waals surface area contributed by atoms with Crippen LogP contribution in [0.25, 0.3) is 0 Å². The second-order valence-corrected chi connectivity index (χ2v) is 7.42. The molecule has 0 spiro atoms. The third kappa shape index (κ3) is 5.77. The molecule has 0 radical (unpaired) electrons. The molecule has 1 fully saturated rings. The summed E-state index contributed by atoms with van der Waals surface area (Å²) in [4.78, 5) is 5.95. The van der Waals surface area contributed by atoms with E-state index < -0.39 is 0 Å². The molecule has 0 amide bonds. The van der Waals surface area contributed by atoms with E-state index in [-0.39, 0.29) is 0 Å². The number of hydrogen-bond acceptors (Lipinski definition) is 5. The molecule has 26 heavy (non-hydrogen) atoms. The first-order valence-electron chi connectivity index (χ1n) is 9.18. The van der Waals surface area contributed by atoms with Gasteiger partial charge in [0.15, 0.2) is 0 Å². The van der Waals surface area contributed by atoms with Crippen LogP contribution in [0, 0.1) is 5.41 Å². The number of rotatable bonds is 8. The summed E-state index contributed by atoms with van der Waals surface area (Å²) in [5.41, 5.74) is 3.60. The van der Waals surface area contributed by atoms with E-state index in [1.54, 1.807) is 11.8 Å². The summed E-state index contributed by atoms with van der Waals surface area (Å²) in [6.07, 6.45) is 10.5. The first-order chi connectivity index (χ1) is 12.6. The van der Waals surface area contributed by atoms with Gasteiger partial charge in [-0.3, -0.25) is 0 Å². The number of allylic oxidation sites excluding steroid dienone is 3. The predicted octanol–water partition coefficient (Wildman–Crippen LogP) is 5.60. The van der Waals surface area contributed by atoms with Crippen LogP contribution in [-0.4, -0.2) is 24.2 Å². The largest absolute Gasteiger partial charge is 0.368 e. The van der Waals surface area contributed by atoms with Gasteiger partial charge in [-0.25, -0.2) is 4.99 Å². The Kier molecular flexibility index (Phi) is 7.98. The second kappa shape index (κ2) is 10.2. The molecular formula is C21H30N4S. The lowest BCUT2D eigenvalue weighted by atomic mass is 10.1. The third-order valence-corrected chi connectivity index (χ3v) is 5.33. The number of thioether (sulfide) groups is 1. The molecule has 2 rings (SSSR count). The van der Waals surface area contributed by atoms with E-state index in [0.717, 1.165) is 28.5 Å². The normalized spacial score (nSPS) is 17.1. The van der Waals surface area contributed by atoms with Crippen molar-refractivity contribution >= 4 is 29.4 Å². The molecule has 0 heterocycles. The monoisotopic (exact) mass is 370 g/mol. The quantitative estimate of drug-likeness (QED) is 0.412. The summed E-state index contributed by atoms with van der Waals surface area (Å²) in [5.74, 6) is 0.894. The number of benzene rings is 1. The Hall–Kier alpha value is -2.01. The van der Waals surface area contributed by atoms with E-state index in [2.05, 4.69) is 29.0 Å². The lowest BCUT2D eigenvalue weighted by Gasteiger charge is -2.15. The average Bonchev–Trinajstić information content (AvgIpc) is 3.15. The molecule has 140 valence electrons. The molecule has 0 atom stereocenters. The van der Waals surface area contributed by atoms with Crippen LogP contribution in [0.3, 0.4) is 0 Å². The SMILES string of the molecule is C/C=C(/N=C(C)\C(C=N)=C(/C)Nc1cccc(SC)c1)NC1CCCC1. The van der Waals surface area contributed by atoms with Crippen molar-refractivity contribution in [1.82, 2.24) is 5.32 Å². The molecule has 1 aromatic carbocycles. The Morgan fingerprint density at radius 1 is 1.27 bits per heavy atom. The minimum atomic E-state index is 0.527. The van der Waals surface area contributed by atoms with E-state index in [9.17, 15) is 0 Å². The van der Waals surface area contributed by atoms with Gasteiger partial charge in [-0.15, -0.1) is 11.8 Å². The molecule has 0 saturated heterocycles. The van der Waals surface area contributed by atoms with E-state index in [4.69, 9.17) is 10.4 Å². The van der Waals surface area contributed by atoms with Crippen LogP contribution in [0.4, 0.5) is 5.69 Å². The van der Waals surface area contributed by atoms with Gasteiger partial charge in [0.1, 0.15) is 5.82 Å². The molecule has 0 aliphatic heterocycles. The number of aliphatic imine (C=N–C) groups is 1. The maximum Gasteiger partial charge on any atom is 0.122 e. The maximum atomic E-state index is 7.84. The Labute approximate surface area is 161 Å². The van der Waals surface area contributed by atoms with Gasteiger partial charge >= 0.3 is 0 Å². The van der Waals surface area contributed by atoms with E-state index in [1.807, 2.05) is 39.0 Å². The van der Waals surface area contributed by atoms with Gasteiger partial charge in [-0.05, 0) is 64.1 Å². The van der Waals surface area contributed by atoms with Gasteiger partial charge in [-0.1, -0.05) is 18.9 Å². The van der Waals surface area contributed by atoms with E-state index in [1.165, 1.54) is 36.8 Å². The average molecular weight is 371 g/mol. The van der Waals surface area contributed by atoms with Crippen molar-refractivity contribution in [2.24, 2.45) is 4.99 Å². The van der Waals surface area contributed by atoms with Crippen molar-refractivity contribution in [3.63, 3.8) is 0 Å². The minimum absolute atomic E-state index is 0.527. The molecule has 0 unspecified atom stereocenters. The third-order valence-electron chi connectivity index (χ3n) is 4.61. The highest BCUT2D eigenvalue weighted by Gasteiger charge is 2.15. The zero-order chi connectivity index (χ0) is 18.9. The molecular weight excluding hydrogens is 340 g/mol. The summed E-state index contributed by atoms with van der Waals surface area (Å²) in [7, 11) is 0.